The van der Waals surface area contributed by atoms with E-state index in [0.29, 0.717) is 16.4 Å². The molecule has 0 unspecified atom stereocenters. The molecule has 2 amide bonds. The molecule has 96 valence electrons. The van der Waals surface area contributed by atoms with Gasteiger partial charge in [-0.25, -0.2) is 9.59 Å². The van der Waals surface area contributed by atoms with Crippen LogP contribution in [0.2, 0.25) is 0 Å². The van der Waals surface area contributed by atoms with Crippen LogP contribution in [0.25, 0.3) is 0 Å². The van der Waals surface area contributed by atoms with Crippen LogP contribution in [0.1, 0.15) is 20.3 Å². The second-order valence-electron chi connectivity index (χ2n) is 3.18. The van der Waals surface area contributed by atoms with Gasteiger partial charge in [0.05, 0.1) is 13.2 Å². The topological polar surface area (TPSA) is 72.9 Å². The van der Waals surface area contributed by atoms with Crippen molar-refractivity contribution in [3.8, 4) is 0 Å². The molecule has 6 nitrogen and oxygen atoms in total. The third kappa shape index (κ3) is 6.57. The number of esters is 1. The third-order valence-corrected chi connectivity index (χ3v) is 1.91. The van der Waals surface area contributed by atoms with E-state index in [9.17, 15) is 14.4 Å². The second kappa shape index (κ2) is 7.67. The molecule has 0 rings (SSSR count). The first-order chi connectivity index (χ1) is 7.86. The Morgan fingerprint density at radius 3 is 2.18 bits per heavy atom. The number of hydrogen-bond acceptors (Lipinski definition) is 5. The summed E-state index contributed by atoms with van der Waals surface area (Å²) in [6.45, 7) is 6.16. The third-order valence-electron chi connectivity index (χ3n) is 1.53. The molecule has 0 fully saturated rings. The van der Waals surface area contributed by atoms with Crippen LogP contribution in [0, 0.1) is 0 Å². The van der Waals surface area contributed by atoms with Gasteiger partial charge >= 0.3 is 12.1 Å². The Balaban J connectivity index is 3.65. The van der Waals surface area contributed by atoms with Crippen molar-refractivity contribution in [1.82, 2.24) is 4.42 Å². The maximum Gasteiger partial charge on any atom is 0.431 e. The van der Waals surface area contributed by atoms with Gasteiger partial charge in [-0.15, -0.1) is 0 Å². The minimum absolute atomic E-state index is 0.00119. The van der Waals surface area contributed by atoms with Crippen LogP contribution in [-0.4, -0.2) is 35.6 Å². The van der Waals surface area contributed by atoms with Gasteiger partial charge < -0.3 is 9.47 Å². The molecule has 0 bridgehead atoms. The average Bonchev–Trinajstić information content (AvgIpc) is 2.26. The summed E-state index contributed by atoms with van der Waals surface area (Å²) >= 11 is 5.28. The highest BCUT2D eigenvalue weighted by Crippen LogP contribution is 2.00. The van der Waals surface area contributed by atoms with Gasteiger partial charge in [0.1, 0.15) is 0 Å². The number of rotatable bonds is 5. The summed E-state index contributed by atoms with van der Waals surface area (Å²) in [7, 11) is 0. The van der Waals surface area contributed by atoms with E-state index in [1.165, 1.54) is 6.92 Å². The van der Waals surface area contributed by atoms with Gasteiger partial charge in [-0.1, -0.05) is 6.58 Å². The van der Waals surface area contributed by atoms with E-state index in [2.05, 4.69) is 11.3 Å². The Morgan fingerprint density at radius 2 is 1.71 bits per heavy atom. The van der Waals surface area contributed by atoms with Gasteiger partial charge in [-0.05, 0) is 6.92 Å². The second-order valence-corrected chi connectivity index (χ2v) is 3.52. The molecule has 0 aliphatic rings. The lowest BCUT2D eigenvalue weighted by atomic mass is 10.4. The average molecular weight is 264 g/mol. The zero-order chi connectivity index (χ0) is 13.4. The fraction of sp³-hybridized carbons (Fsp3) is 0.500. The van der Waals surface area contributed by atoms with Crippen LogP contribution in [0.5, 0.6) is 0 Å². The van der Waals surface area contributed by atoms with E-state index in [4.69, 9.17) is 16.5 Å². The van der Waals surface area contributed by atoms with E-state index in [-0.39, 0.29) is 13.2 Å². The van der Waals surface area contributed by atoms with Crippen LogP contribution >= 0.6 is 11.8 Å². The zero-order valence-corrected chi connectivity index (χ0v) is 10.5. The van der Waals surface area contributed by atoms with Crippen LogP contribution in [0.15, 0.2) is 12.2 Å². The number of halogens is 1. The normalized spacial score (nSPS) is 9.35. The standard InChI is InChI=1S/C10H14ClNO5/c1-7(2)9(14)16-5-4-6-17-10(15)12(11)8(3)13/h1,4-6H2,2-3H3. The molecule has 0 saturated carbocycles. The Hall–Kier alpha value is -1.56. The first-order valence-corrected chi connectivity index (χ1v) is 5.16. The van der Waals surface area contributed by atoms with Gasteiger partial charge in [0.15, 0.2) is 0 Å². The summed E-state index contributed by atoms with van der Waals surface area (Å²) in [5, 5.41) is 0. The maximum absolute atomic E-state index is 11.0. The van der Waals surface area contributed by atoms with Gasteiger partial charge in [0.25, 0.3) is 0 Å². The molecule has 0 N–H and O–H groups in total. The van der Waals surface area contributed by atoms with Crippen LogP contribution < -0.4 is 0 Å². The monoisotopic (exact) mass is 263 g/mol. The molecule has 0 aliphatic heterocycles. The zero-order valence-electron chi connectivity index (χ0n) is 9.69. The SMILES string of the molecule is C=C(C)C(=O)OCCCOC(=O)N(Cl)C(C)=O. The molecule has 0 aromatic carbocycles. The minimum atomic E-state index is -0.953. The molecule has 0 aliphatic carbocycles. The van der Waals surface area contributed by atoms with E-state index < -0.39 is 18.0 Å². The van der Waals surface area contributed by atoms with Crippen molar-refractivity contribution in [2.24, 2.45) is 0 Å². The number of carbonyl (C=O) groups is 3. The highest BCUT2D eigenvalue weighted by Gasteiger charge is 2.16. The van der Waals surface area contributed by atoms with Crippen LogP contribution in [0.4, 0.5) is 4.79 Å². The predicted octanol–water partition coefficient (Wildman–Crippen LogP) is 1.63. The number of amides is 2. The molecular formula is C10H14ClNO5. The molecule has 7 heteroatoms. The summed E-state index contributed by atoms with van der Waals surface area (Å²) in [4.78, 5) is 32.6. The molecule has 0 spiro atoms. The van der Waals surface area contributed by atoms with Crippen molar-refractivity contribution in [2.75, 3.05) is 13.2 Å². The smallest absolute Gasteiger partial charge is 0.431 e. The quantitative estimate of drug-likeness (QED) is 0.326. The van der Waals surface area contributed by atoms with E-state index in [1.54, 1.807) is 0 Å². The lowest BCUT2D eigenvalue weighted by Gasteiger charge is -2.10. The van der Waals surface area contributed by atoms with Gasteiger partial charge in [0, 0.05) is 30.7 Å². The predicted molar refractivity (Wildman–Crippen MR) is 60.1 cm³/mol. The fourth-order valence-corrected chi connectivity index (χ4v) is 0.740. The Morgan fingerprint density at radius 1 is 1.18 bits per heavy atom. The van der Waals surface area contributed by atoms with Crippen molar-refractivity contribution in [3.63, 3.8) is 0 Å². The molecule has 0 heterocycles. The van der Waals surface area contributed by atoms with Crippen molar-refractivity contribution >= 4 is 29.7 Å². The van der Waals surface area contributed by atoms with E-state index in [0.717, 1.165) is 6.92 Å². The number of hydrogen-bond donors (Lipinski definition) is 0. The van der Waals surface area contributed by atoms with Crippen molar-refractivity contribution in [3.05, 3.63) is 12.2 Å². The molecule has 0 saturated heterocycles. The number of carbonyl (C=O) groups excluding carboxylic acids is 3. The van der Waals surface area contributed by atoms with Crippen molar-refractivity contribution in [1.29, 1.82) is 0 Å². The summed E-state index contributed by atoms with van der Waals surface area (Å²) < 4.78 is 9.71. The first-order valence-electron chi connectivity index (χ1n) is 4.82. The van der Waals surface area contributed by atoms with E-state index in [1.807, 2.05) is 0 Å². The summed E-state index contributed by atoms with van der Waals surface area (Å²) in [6.07, 6.45) is -0.640. The molecule has 0 atom stereocenters. The molecule has 0 aromatic heterocycles. The highest BCUT2D eigenvalue weighted by atomic mass is 35.5. The Kier molecular flexibility index (Phi) is 6.97. The Bertz CT molecular complexity index is 329. The largest absolute Gasteiger partial charge is 0.462 e. The van der Waals surface area contributed by atoms with Crippen LogP contribution in [-0.2, 0) is 19.1 Å². The van der Waals surface area contributed by atoms with Gasteiger partial charge in [0.2, 0.25) is 5.91 Å². The maximum atomic E-state index is 11.0. The van der Waals surface area contributed by atoms with Gasteiger partial charge in [-0.2, -0.15) is 4.42 Å². The highest BCUT2D eigenvalue weighted by molar-refractivity contribution is 6.28. The molecular weight excluding hydrogens is 250 g/mol. The fourth-order valence-electron chi connectivity index (χ4n) is 0.692. The van der Waals surface area contributed by atoms with Crippen molar-refractivity contribution < 1.29 is 23.9 Å². The summed E-state index contributed by atoms with van der Waals surface area (Å²) in [5.41, 5.74) is 0.297. The first kappa shape index (κ1) is 15.4. The number of nitrogens with zero attached hydrogens (tertiary/aromatic N) is 1. The van der Waals surface area contributed by atoms with Crippen molar-refractivity contribution in [2.45, 2.75) is 20.3 Å². The Labute approximate surface area is 104 Å². The summed E-state index contributed by atoms with van der Waals surface area (Å²) in [5.74, 6) is -1.13. The van der Waals surface area contributed by atoms with Gasteiger partial charge in [-0.3, -0.25) is 4.79 Å². The number of ether oxygens (including phenoxy) is 2. The molecule has 0 aromatic rings. The summed E-state index contributed by atoms with van der Waals surface area (Å²) in [6, 6.07) is 0. The minimum Gasteiger partial charge on any atom is -0.462 e. The lowest BCUT2D eigenvalue weighted by Crippen LogP contribution is -2.27. The van der Waals surface area contributed by atoms with Crippen LogP contribution in [0.3, 0.4) is 0 Å². The lowest BCUT2D eigenvalue weighted by molar-refractivity contribution is -0.139. The molecule has 0 radical (unpaired) electrons. The number of imide groups is 1. The molecule has 17 heavy (non-hydrogen) atoms. The van der Waals surface area contributed by atoms with E-state index >= 15 is 0 Å².